The lowest BCUT2D eigenvalue weighted by Crippen LogP contribution is -2.46. The van der Waals surface area contributed by atoms with Gasteiger partial charge in [0, 0.05) is 5.69 Å². The van der Waals surface area contributed by atoms with Crippen molar-refractivity contribution in [3.05, 3.63) is 29.8 Å². The number of nitriles is 1. The molecule has 1 aromatic carbocycles. The monoisotopic (exact) mass is 285 g/mol. The van der Waals surface area contributed by atoms with Crippen LogP contribution in [0, 0.1) is 17.2 Å². The Morgan fingerprint density at radius 2 is 2.00 bits per heavy atom. The molecule has 0 radical (unpaired) electrons. The van der Waals surface area contributed by atoms with E-state index in [1.54, 1.807) is 24.3 Å². The fourth-order valence-corrected chi connectivity index (χ4v) is 2.79. The van der Waals surface area contributed by atoms with E-state index in [2.05, 4.69) is 23.2 Å². The Labute approximate surface area is 126 Å². The zero-order valence-electron chi connectivity index (χ0n) is 12.8. The van der Waals surface area contributed by atoms with Gasteiger partial charge in [0.2, 0.25) is 5.91 Å². The molecule has 0 saturated carbocycles. The zero-order chi connectivity index (χ0) is 15.2. The highest BCUT2D eigenvalue weighted by molar-refractivity contribution is 5.94. The van der Waals surface area contributed by atoms with Crippen molar-refractivity contribution in [3.63, 3.8) is 0 Å². The summed E-state index contributed by atoms with van der Waals surface area (Å²) in [6.07, 6.45) is 3.61. The Kier molecular flexibility index (Phi) is 5.35. The Hall–Kier alpha value is -1.86. The van der Waals surface area contributed by atoms with Gasteiger partial charge >= 0.3 is 0 Å². The van der Waals surface area contributed by atoms with Crippen LogP contribution in [-0.4, -0.2) is 29.9 Å². The van der Waals surface area contributed by atoms with Gasteiger partial charge in [-0.15, -0.1) is 0 Å². The first-order valence-corrected chi connectivity index (χ1v) is 7.69. The quantitative estimate of drug-likeness (QED) is 0.925. The lowest BCUT2D eigenvalue weighted by atomic mass is 9.93. The molecule has 0 aliphatic carbocycles. The van der Waals surface area contributed by atoms with Crippen LogP contribution in [0.4, 0.5) is 5.69 Å². The molecule has 112 valence electrons. The van der Waals surface area contributed by atoms with Gasteiger partial charge in [0.1, 0.15) is 0 Å². The smallest absolute Gasteiger partial charge is 0.241 e. The molecule has 1 saturated heterocycles. The lowest BCUT2D eigenvalue weighted by Gasteiger charge is -2.35. The molecule has 1 fully saturated rings. The molecular formula is C17H23N3O. The van der Waals surface area contributed by atoms with Crippen molar-refractivity contribution >= 4 is 11.6 Å². The van der Waals surface area contributed by atoms with Crippen molar-refractivity contribution in [2.24, 2.45) is 5.92 Å². The van der Waals surface area contributed by atoms with Gasteiger partial charge in [-0.25, -0.2) is 0 Å². The number of nitrogens with zero attached hydrogens (tertiary/aromatic N) is 2. The molecule has 4 nitrogen and oxygen atoms in total. The van der Waals surface area contributed by atoms with Crippen LogP contribution in [0.5, 0.6) is 0 Å². The third-order valence-corrected chi connectivity index (χ3v) is 4.44. The van der Waals surface area contributed by atoms with E-state index in [9.17, 15) is 4.79 Å². The van der Waals surface area contributed by atoms with Gasteiger partial charge in [0.15, 0.2) is 0 Å². The maximum atomic E-state index is 12.3. The van der Waals surface area contributed by atoms with E-state index in [-0.39, 0.29) is 11.9 Å². The van der Waals surface area contributed by atoms with Crippen LogP contribution in [0.15, 0.2) is 24.3 Å². The standard InChI is InChI=1S/C17H23N3O/c1-3-14-8-10-20(11-9-14)13(2)17(21)19-16-6-4-15(12-18)5-7-16/h4-7,13-14H,3,8-11H2,1-2H3,(H,19,21). The Morgan fingerprint density at radius 3 is 2.52 bits per heavy atom. The van der Waals surface area contributed by atoms with E-state index in [1.807, 2.05) is 6.92 Å². The second kappa shape index (κ2) is 7.24. The fourth-order valence-electron chi connectivity index (χ4n) is 2.79. The first kappa shape index (κ1) is 15.5. The highest BCUT2D eigenvalue weighted by Crippen LogP contribution is 2.21. The van der Waals surface area contributed by atoms with Gasteiger partial charge in [-0.3, -0.25) is 9.69 Å². The minimum absolute atomic E-state index is 0.0228. The topological polar surface area (TPSA) is 56.1 Å². The first-order valence-electron chi connectivity index (χ1n) is 7.69. The molecule has 1 heterocycles. The van der Waals surface area contributed by atoms with Crippen molar-refractivity contribution < 1.29 is 4.79 Å². The summed E-state index contributed by atoms with van der Waals surface area (Å²) in [6, 6.07) is 8.93. The molecule has 4 heteroatoms. The van der Waals surface area contributed by atoms with E-state index in [0.717, 1.165) is 24.7 Å². The molecule has 0 bridgehead atoms. The number of rotatable bonds is 4. The number of hydrogen-bond acceptors (Lipinski definition) is 3. The maximum Gasteiger partial charge on any atom is 0.241 e. The Bertz CT molecular complexity index is 510. The summed E-state index contributed by atoms with van der Waals surface area (Å²) in [5.41, 5.74) is 1.34. The number of hydrogen-bond donors (Lipinski definition) is 1. The van der Waals surface area contributed by atoms with Crippen LogP contribution in [0.2, 0.25) is 0 Å². The highest BCUT2D eigenvalue weighted by atomic mass is 16.2. The SMILES string of the molecule is CCC1CCN(C(C)C(=O)Nc2ccc(C#N)cc2)CC1. The largest absolute Gasteiger partial charge is 0.325 e. The molecular weight excluding hydrogens is 262 g/mol. The van der Waals surface area contributed by atoms with Gasteiger partial charge in [-0.1, -0.05) is 13.3 Å². The van der Waals surface area contributed by atoms with Crippen LogP contribution in [0.3, 0.4) is 0 Å². The van der Waals surface area contributed by atoms with E-state index < -0.39 is 0 Å². The molecule has 2 rings (SSSR count). The number of nitrogens with one attached hydrogen (secondary N) is 1. The molecule has 1 aliphatic rings. The third-order valence-electron chi connectivity index (χ3n) is 4.44. The first-order chi connectivity index (χ1) is 10.1. The summed E-state index contributed by atoms with van der Waals surface area (Å²) >= 11 is 0. The third kappa shape index (κ3) is 4.05. The van der Waals surface area contributed by atoms with Crippen LogP contribution in [0.1, 0.15) is 38.7 Å². The fraction of sp³-hybridized carbons (Fsp3) is 0.529. The molecule has 1 aromatic rings. The van der Waals surface area contributed by atoms with Gasteiger partial charge < -0.3 is 5.32 Å². The number of carbonyl (C=O) groups excluding carboxylic acids is 1. The van der Waals surface area contributed by atoms with Gasteiger partial charge in [-0.05, 0) is 63.0 Å². The zero-order valence-corrected chi connectivity index (χ0v) is 12.8. The maximum absolute atomic E-state index is 12.3. The number of benzene rings is 1. The van der Waals surface area contributed by atoms with Crippen molar-refractivity contribution in [3.8, 4) is 6.07 Å². The van der Waals surface area contributed by atoms with Crippen molar-refractivity contribution in [2.75, 3.05) is 18.4 Å². The summed E-state index contributed by atoms with van der Waals surface area (Å²) in [5.74, 6) is 0.838. The number of anilines is 1. The molecule has 0 aromatic heterocycles. The highest BCUT2D eigenvalue weighted by Gasteiger charge is 2.25. The molecule has 1 N–H and O–H groups in total. The number of likely N-dealkylation sites (tertiary alicyclic amines) is 1. The predicted octanol–water partition coefficient (Wildman–Crippen LogP) is 3.01. The van der Waals surface area contributed by atoms with Gasteiger partial charge in [-0.2, -0.15) is 5.26 Å². The summed E-state index contributed by atoms with van der Waals surface area (Å²) in [7, 11) is 0. The van der Waals surface area contributed by atoms with E-state index in [1.165, 1.54) is 19.3 Å². The summed E-state index contributed by atoms with van der Waals surface area (Å²) in [5, 5.41) is 11.7. The second-order valence-electron chi connectivity index (χ2n) is 5.74. The Morgan fingerprint density at radius 1 is 1.38 bits per heavy atom. The number of amides is 1. The van der Waals surface area contributed by atoms with Crippen molar-refractivity contribution in [1.29, 1.82) is 5.26 Å². The van der Waals surface area contributed by atoms with Crippen molar-refractivity contribution in [2.45, 2.75) is 39.2 Å². The van der Waals surface area contributed by atoms with Gasteiger partial charge in [0.05, 0.1) is 17.7 Å². The number of carbonyl (C=O) groups is 1. The van der Waals surface area contributed by atoms with Crippen molar-refractivity contribution in [1.82, 2.24) is 4.90 Å². The van der Waals surface area contributed by atoms with E-state index in [0.29, 0.717) is 5.56 Å². The van der Waals surface area contributed by atoms with Crippen LogP contribution < -0.4 is 5.32 Å². The normalized spacial score (nSPS) is 18.0. The molecule has 1 amide bonds. The second-order valence-corrected chi connectivity index (χ2v) is 5.74. The molecule has 1 aliphatic heterocycles. The average Bonchev–Trinajstić information content (AvgIpc) is 2.55. The average molecular weight is 285 g/mol. The van der Waals surface area contributed by atoms with Gasteiger partial charge in [0.25, 0.3) is 0 Å². The molecule has 1 unspecified atom stereocenters. The van der Waals surface area contributed by atoms with E-state index >= 15 is 0 Å². The van der Waals surface area contributed by atoms with E-state index in [4.69, 9.17) is 5.26 Å². The van der Waals surface area contributed by atoms with Crippen LogP contribution >= 0.6 is 0 Å². The predicted molar refractivity (Wildman–Crippen MR) is 83.8 cm³/mol. The minimum atomic E-state index is -0.113. The van der Waals surface area contributed by atoms with Crippen LogP contribution in [0.25, 0.3) is 0 Å². The summed E-state index contributed by atoms with van der Waals surface area (Å²) in [4.78, 5) is 14.6. The molecule has 0 spiro atoms. The lowest BCUT2D eigenvalue weighted by molar-refractivity contribution is -0.121. The summed E-state index contributed by atoms with van der Waals surface area (Å²) < 4.78 is 0. The molecule has 1 atom stereocenters. The minimum Gasteiger partial charge on any atom is -0.325 e. The number of piperidine rings is 1. The Balaban J connectivity index is 1.89. The van der Waals surface area contributed by atoms with Crippen LogP contribution in [-0.2, 0) is 4.79 Å². The summed E-state index contributed by atoms with van der Waals surface area (Å²) in [6.45, 7) is 6.20. The molecule has 21 heavy (non-hydrogen) atoms.